The fourth-order valence-corrected chi connectivity index (χ4v) is 12.5. The van der Waals surface area contributed by atoms with E-state index in [1.165, 1.54) is 17.0 Å². The first-order chi connectivity index (χ1) is 42.3. The predicted molar refractivity (Wildman–Crippen MR) is 324 cm³/mol. The van der Waals surface area contributed by atoms with Crippen LogP contribution >= 0.6 is 23.4 Å². The van der Waals surface area contributed by atoms with Gasteiger partial charge in [-0.1, -0.05) is 35.4 Å². The number of morpholine rings is 1. The highest BCUT2D eigenvalue weighted by Gasteiger charge is 2.42. The summed E-state index contributed by atoms with van der Waals surface area (Å²) in [7, 11) is 2.03. The maximum atomic E-state index is 12.1. The third-order valence-electron chi connectivity index (χ3n) is 15.5. The van der Waals surface area contributed by atoms with Crippen molar-refractivity contribution < 1.29 is 71.2 Å². The van der Waals surface area contributed by atoms with E-state index in [2.05, 4.69) is 56.3 Å². The molecule has 5 heterocycles. The van der Waals surface area contributed by atoms with E-state index in [0.717, 1.165) is 74.4 Å². The third-order valence-corrected chi connectivity index (χ3v) is 17.2. The van der Waals surface area contributed by atoms with Crippen LogP contribution in [-0.2, 0) is 93.0 Å². The molecule has 0 unspecified atom stereocenters. The Hall–Kier alpha value is -3.61. The van der Waals surface area contributed by atoms with Gasteiger partial charge >= 0.3 is 6.03 Å². The zero-order valence-electron chi connectivity index (χ0n) is 51.0. The van der Waals surface area contributed by atoms with Gasteiger partial charge in [0.2, 0.25) is 5.91 Å². The second-order valence-corrected chi connectivity index (χ2v) is 23.6. The minimum atomic E-state index is -0.0633. The lowest BCUT2D eigenvalue weighted by atomic mass is 9.82. The number of unbranched alkanes of at least 4 members (excludes halogenated alkanes) is 1. The Morgan fingerprint density at radius 3 is 1.84 bits per heavy atom. The van der Waals surface area contributed by atoms with Crippen molar-refractivity contribution in [2.75, 3.05) is 177 Å². The first-order valence-corrected chi connectivity index (χ1v) is 32.6. The minimum absolute atomic E-state index is 0.0217. The Balaban J connectivity index is 0.552. The number of thioether (sulfide) groups is 1. The number of fused-ring (bicyclic) bond motifs is 1. The van der Waals surface area contributed by atoms with Gasteiger partial charge in [0.05, 0.1) is 202 Å². The largest absolute Gasteiger partial charge is 0.377 e. The lowest BCUT2D eigenvalue weighted by Crippen LogP contribution is -2.56. The number of hydrogen-bond donors (Lipinski definition) is 3. The lowest BCUT2D eigenvalue weighted by molar-refractivity contribution is -0.121. The molecular formula is C60H98ClN9O15S. The molecule has 1 saturated carbocycles. The zero-order chi connectivity index (χ0) is 60.1. The molecule has 24 nitrogen and oxygen atoms in total. The average Bonchev–Trinajstić information content (AvgIpc) is 3.57. The molecule has 3 aliphatic heterocycles. The molecule has 5 atom stereocenters. The molecule has 1 aliphatic carbocycles. The van der Waals surface area contributed by atoms with Crippen molar-refractivity contribution >= 4 is 35.3 Å². The Morgan fingerprint density at radius 2 is 1.28 bits per heavy atom. The standard InChI is InChI=1S/C60H98ClN9O15S/c1-47-39-55(66-68(47)2)49-9-13-52(14-10-49)70-42-54(85-44-53(70)40-48-7-11-50(61)12-8-48)45-84-43-51-41-69(67-65-51)16-18-74-20-22-76-24-26-78-28-30-80-32-34-82-36-38-83-37-35-81-33-31-79-29-27-77-25-23-75-21-19-73-17-15-62-58(71)6-4-3-5-57-59-56(46-86-57)63-60(72)64-59/h7-8,11-12,39,41,49,52-54,56-57,59H,3-6,9-10,13-38,40,42-46H2,1-2H3,(H,62,71)(H2,63,64,72)/t49?,52?,53-,54+,56-,57-,59-/m0/s1. The fourth-order valence-electron chi connectivity index (χ4n) is 10.8. The molecule has 2 aromatic heterocycles. The van der Waals surface area contributed by atoms with E-state index in [0.29, 0.717) is 208 Å². The van der Waals surface area contributed by atoms with Crippen molar-refractivity contribution in [2.45, 2.75) is 119 Å². The molecule has 26 heteroatoms. The second kappa shape index (κ2) is 42.4. The number of aryl methyl sites for hydroxylation is 2. The molecule has 486 valence electrons. The summed E-state index contributed by atoms with van der Waals surface area (Å²) in [6.07, 6.45) is 10.7. The highest BCUT2D eigenvalue weighted by molar-refractivity contribution is 8.00. The lowest BCUT2D eigenvalue weighted by Gasteiger charge is -2.46. The summed E-state index contributed by atoms with van der Waals surface area (Å²) in [5.41, 5.74) is 4.48. The molecule has 86 heavy (non-hydrogen) atoms. The van der Waals surface area contributed by atoms with Gasteiger partial charge in [0, 0.05) is 66.3 Å². The van der Waals surface area contributed by atoms with Crippen molar-refractivity contribution in [1.82, 2.24) is 45.6 Å². The van der Waals surface area contributed by atoms with Gasteiger partial charge in [-0.05, 0) is 75.6 Å². The van der Waals surface area contributed by atoms with Crippen molar-refractivity contribution in [2.24, 2.45) is 7.05 Å². The van der Waals surface area contributed by atoms with Crippen LogP contribution < -0.4 is 16.0 Å². The van der Waals surface area contributed by atoms with E-state index in [9.17, 15) is 9.59 Å². The number of rotatable bonds is 49. The van der Waals surface area contributed by atoms with Crippen molar-refractivity contribution in [1.29, 1.82) is 0 Å². The van der Waals surface area contributed by atoms with Gasteiger partial charge in [0.25, 0.3) is 0 Å². The number of nitrogens with zero attached hydrogens (tertiary/aromatic N) is 6. The molecule has 0 spiro atoms. The maximum Gasteiger partial charge on any atom is 0.315 e. The van der Waals surface area contributed by atoms with Crippen LogP contribution in [-0.4, -0.2) is 255 Å². The Kier molecular flexibility index (Phi) is 34.4. The number of amides is 3. The minimum Gasteiger partial charge on any atom is -0.377 e. The summed E-state index contributed by atoms with van der Waals surface area (Å²) < 4.78 is 77.7. The summed E-state index contributed by atoms with van der Waals surface area (Å²) in [6.45, 7) is 16.0. The fraction of sp³-hybridized carbons (Fsp3) is 0.783. The van der Waals surface area contributed by atoms with E-state index >= 15 is 0 Å². The smallest absolute Gasteiger partial charge is 0.315 e. The number of aromatic nitrogens is 5. The Bertz CT molecular complexity index is 2250. The SMILES string of the molecule is Cc1cc(C2CCC(N3C[C@H](COCc4cn(CCOCCOCCOCCOCCOCCOCCOCCOCCOCCOCCOCCNC(=O)CCCC[C@@H]5SC[C@@H]6NC(=O)N[C@@H]65)nn4)OC[C@@H]3Cc3ccc(Cl)cc3)CC2)nn1C. The molecular weight excluding hydrogens is 1150 g/mol. The molecule has 3 saturated heterocycles. The van der Waals surface area contributed by atoms with Crippen molar-refractivity contribution in [3.63, 3.8) is 0 Å². The molecule has 3 aromatic rings. The van der Waals surface area contributed by atoms with E-state index in [-0.39, 0.29) is 30.1 Å². The molecule has 4 fully saturated rings. The number of carbonyl (C=O) groups is 2. The number of benzene rings is 1. The van der Waals surface area contributed by atoms with Crippen LogP contribution in [0.25, 0.3) is 0 Å². The first kappa shape index (κ1) is 69.9. The van der Waals surface area contributed by atoms with Crippen LogP contribution in [0.3, 0.4) is 0 Å². The van der Waals surface area contributed by atoms with Crippen molar-refractivity contribution in [3.05, 3.63) is 64.2 Å². The van der Waals surface area contributed by atoms with Crippen LogP contribution in [0, 0.1) is 6.92 Å². The van der Waals surface area contributed by atoms with Crippen molar-refractivity contribution in [3.8, 4) is 0 Å². The normalized spacial score (nSPS) is 21.5. The zero-order valence-corrected chi connectivity index (χ0v) is 52.5. The molecule has 3 amide bonds. The first-order valence-electron chi connectivity index (χ1n) is 31.2. The van der Waals surface area contributed by atoms with Crippen LogP contribution in [0.2, 0.25) is 5.02 Å². The Labute approximate surface area is 517 Å². The average molecular weight is 1250 g/mol. The number of halogens is 1. The summed E-state index contributed by atoms with van der Waals surface area (Å²) in [5.74, 6) is 1.51. The van der Waals surface area contributed by atoms with E-state index < -0.39 is 0 Å². The molecule has 0 radical (unpaired) electrons. The molecule has 0 bridgehead atoms. The number of urea groups is 1. The maximum absolute atomic E-state index is 12.1. The van der Waals surface area contributed by atoms with Gasteiger partial charge in [0.15, 0.2) is 0 Å². The van der Waals surface area contributed by atoms with Crippen LogP contribution in [0.15, 0.2) is 36.5 Å². The van der Waals surface area contributed by atoms with E-state index in [1.807, 2.05) is 41.8 Å². The number of ether oxygens (including phenoxy) is 13. The van der Waals surface area contributed by atoms with Gasteiger partial charge in [-0.2, -0.15) is 16.9 Å². The topological polar surface area (TPSA) is 242 Å². The molecule has 4 aliphatic rings. The van der Waals surface area contributed by atoms with Gasteiger partial charge in [0.1, 0.15) is 5.69 Å². The number of hydrogen-bond acceptors (Lipinski definition) is 20. The predicted octanol–water partition coefficient (Wildman–Crippen LogP) is 4.55. The summed E-state index contributed by atoms with van der Waals surface area (Å²) in [6, 6.07) is 11.6. The van der Waals surface area contributed by atoms with Gasteiger partial charge < -0.3 is 77.5 Å². The van der Waals surface area contributed by atoms with E-state index in [1.54, 1.807) is 4.68 Å². The molecule has 1 aromatic carbocycles. The van der Waals surface area contributed by atoms with E-state index in [4.69, 9.17) is 78.3 Å². The van der Waals surface area contributed by atoms with Gasteiger partial charge in [-0.25, -0.2) is 9.48 Å². The van der Waals surface area contributed by atoms with Crippen LogP contribution in [0.1, 0.15) is 79.9 Å². The second-order valence-electron chi connectivity index (χ2n) is 21.9. The number of nitrogens with one attached hydrogen (secondary N) is 3. The number of carbonyl (C=O) groups excluding carboxylic acids is 2. The monoisotopic (exact) mass is 1250 g/mol. The molecule has 7 rings (SSSR count). The highest BCUT2D eigenvalue weighted by atomic mass is 35.5. The Morgan fingerprint density at radius 1 is 0.721 bits per heavy atom. The van der Waals surface area contributed by atoms with Crippen LogP contribution in [0.5, 0.6) is 0 Å². The summed E-state index contributed by atoms with van der Waals surface area (Å²) in [5, 5.41) is 23.4. The summed E-state index contributed by atoms with van der Waals surface area (Å²) >= 11 is 8.11. The highest BCUT2D eigenvalue weighted by Crippen LogP contribution is 2.37. The van der Waals surface area contributed by atoms with Crippen LogP contribution in [0.4, 0.5) is 4.79 Å². The summed E-state index contributed by atoms with van der Waals surface area (Å²) in [4.78, 5) is 26.3. The van der Waals surface area contributed by atoms with Gasteiger partial charge in [-0.3, -0.25) is 14.4 Å². The molecule has 3 N–H and O–H groups in total. The third kappa shape index (κ3) is 27.6. The van der Waals surface area contributed by atoms with Gasteiger partial charge in [-0.15, -0.1) is 5.10 Å². The quantitative estimate of drug-likeness (QED) is 0.0519.